The van der Waals surface area contributed by atoms with E-state index in [0.717, 1.165) is 33.9 Å². The molecule has 130 valence electrons. The molecule has 1 heterocycles. The molecule has 1 aromatic heterocycles. The van der Waals surface area contributed by atoms with Gasteiger partial charge in [0, 0.05) is 33.7 Å². The number of ether oxygens (including phenoxy) is 1. The molecule has 3 aromatic carbocycles. The highest BCUT2D eigenvalue weighted by Gasteiger charge is 2.18. The lowest BCUT2D eigenvalue weighted by molar-refractivity contribution is 0.110. The number of carbonyl (C=O) groups is 1. The fraction of sp³-hybridized carbons (Fsp3) is 0.0417. The fourth-order valence-corrected chi connectivity index (χ4v) is 3.05. The van der Waals surface area contributed by atoms with Gasteiger partial charge in [-0.1, -0.05) is 48.2 Å². The summed E-state index contributed by atoms with van der Waals surface area (Å²) in [4.78, 5) is 11.7. The summed E-state index contributed by atoms with van der Waals surface area (Å²) in [5, 5.41) is 0.854. The monoisotopic (exact) mass is 352 g/mol. The quantitative estimate of drug-likeness (QED) is 0.370. The third-order valence-electron chi connectivity index (χ3n) is 4.34. The van der Waals surface area contributed by atoms with Crippen LogP contribution < -0.4 is 4.74 Å². The van der Waals surface area contributed by atoms with E-state index in [1.54, 1.807) is 13.2 Å². The van der Waals surface area contributed by atoms with Crippen molar-refractivity contribution in [3.8, 4) is 28.7 Å². The molecule has 0 unspecified atom stereocenters. The van der Waals surface area contributed by atoms with E-state index in [1.165, 1.54) is 0 Å². The van der Waals surface area contributed by atoms with Crippen LogP contribution in [0.15, 0.2) is 77.2 Å². The van der Waals surface area contributed by atoms with Crippen LogP contribution in [0.4, 0.5) is 0 Å². The lowest BCUT2D eigenvalue weighted by Crippen LogP contribution is -1.88. The Bertz CT molecular complexity index is 1170. The first-order valence-electron chi connectivity index (χ1n) is 8.52. The Morgan fingerprint density at radius 1 is 0.926 bits per heavy atom. The zero-order valence-corrected chi connectivity index (χ0v) is 14.7. The Labute approximate surface area is 157 Å². The van der Waals surface area contributed by atoms with Gasteiger partial charge in [0.05, 0.1) is 7.11 Å². The average Bonchev–Trinajstić information content (AvgIpc) is 3.10. The number of benzene rings is 3. The molecule has 0 aliphatic heterocycles. The second-order valence-corrected chi connectivity index (χ2v) is 5.98. The van der Waals surface area contributed by atoms with Crippen molar-refractivity contribution in [3.63, 3.8) is 0 Å². The maximum Gasteiger partial charge on any atom is 0.186 e. The van der Waals surface area contributed by atoms with Gasteiger partial charge in [0.25, 0.3) is 0 Å². The van der Waals surface area contributed by atoms with Crippen LogP contribution in [0.3, 0.4) is 0 Å². The lowest BCUT2D eigenvalue weighted by Gasteiger charge is -2.04. The van der Waals surface area contributed by atoms with Crippen molar-refractivity contribution in [1.29, 1.82) is 0 Å². The van der Waals surface area contributed by atoms with Crippen molar-refractivity contribution in [2.45, 2.75) is 0 Å². The van der Waals surface area contributed by atoms with Crippen LogP contribution in [-0.2, 0) is 0 Å². The molecule has 0 aliphatic carbocycles. The highest BCUT2D eigenvalue weighted by Crippen LogP contribution is 2.37. The third kappa shape index (κ3) is 3.21. The van der Waals surface area contributed by atoms with Crippen molar-refractivity contribution < 1.29 is 13.9 Å². The number of aldehydes is 1. The Balaban J connectivity index is 1.90. The number of furan rings is 1. The van der Waals surface area contributed by atoms with Crippen molar-refractivity contribution in [1.82, 2.24) is 0 Å². The van der Waals surface area contributed by atoms with E-state index in [2.05, 4.69) is 11.8 Å². The lowest BCUT2D eigenvalue weighted by atomic mass is 9.97. The molecule has 0 atom stereocenters. The normalized spacial score (nSPS) is 10.3. The SMILES string of the molecule is COc1ccc2c(-c3ccccc3C#Cc3ccccc3)c(C=O)oc2c1. The molecule has 27 heavy (non-hydrogen) atoms. The predicted molar refractivity (Wildman–Crippen MR) is 106 cm³/mol. The second-order valence-electron chi connectivity index (χ2n) is 5.98. The van der Waals surface area contributed by atoms with E-state index in [9.17, 15) is 4.79 Å². The Hall–Kier alpha value is -3.77. The van der Waals surface area contributed by atoms with Crippen molar-refractivity contribution in [2.75, 3.05) is 7.11 Å². The molecule has 0 saturated carbocycles. The van der Waals surface area contributed by atoms with E-state index < -0.39 is 0 Å². The maximum atomic E-state index is 11.7. The van der Waals surface area contributed by atoms with Gasteiger partial charge in [-0.15, -0.1) is 0 Å². The molecule has 0 N–H and O–H groups in total. The minimum Gasteiger partial charge on any atom is -0.497 e. The Kier molecular flexibility index (Phi) is 4.47. The van der Waals surface area contributed by atoms with Crippen molar-refractivity contribution >= 4 is 17.3 Å². The molecular formula is C24H16O3. The van der Waals surface area contributed by atoms with Gasteiger partial charge in [0.15, 0.2) is 12.0 Å². The van der Waals surface area contributed by atoms with Gasteiger partial charge in [-0.05, 0) is 30.3 Å². The first kappa shape index (κ1) is 16.7. The summed E-state index contributed by atoms with van der Waals surface area (Å²) < 4.78 is 11.0. The van der Waals surface area contributed by atoms with Crippen molar-refractivity contribution in [2.24, 2.45) is 0 Å². The number of hydrogen-bond donors (Lipinski definition) is 0. The van der Waals surface area contributed by atoms with E-state index in [0.29, 0.717) is 11.3 Å². The van der Waals surface area contributed by atoms with Gasteiger partial charge in [-0.25, -0.2) is 0 Å². The first-order chi connectivity index (χ1) is 13.3. The molecule has 4 rings (SSSR count). The molecule has 0 fully saturated rings. The number of fused-ring (bicyclic) bond motifs is 1. The van der Waals surface area contributed by atoms with Gasteiger partial charge in [-0.2, -0.15) is 0 Å². The van der Waals surface area contributed by atoms with E-state index in [4.69, 9.17) is 9.15 Å². The molecule has 0 amide bonds. The number of carbonyl (C=O) groups excluding carboxylic acids is 1. The van der Waals surface area contributed by atoms with Crippen LogP contribution in [-0.4, -0.2) is 13.4 Å². The van der Waals surface area contributed by atoms with Gasteiger partial charge in [-0.3, -0.25) is 4.79 Å². The summed E-state index contributed by atoms with van der Waals surface area (Å²) in [5.74, 6) is 7.36. The molecule has 0 bridgehead atoms. The minimum atomic E-state index is 0.284. The predicted octanol–water partition coefficient (Wildman–Crippen LogP) is 5.32. The highest BCUT2D eigenvalue weighted by molar-refractivity contribution is 6.03. The van der Waals surface area contributed by atoms with Crippen LogP contribution in [0.5, 0.6) is 5.75 Å². The molecule has 3 nitrogen and oxygen atoms in total. The average molecular weight is 352 g/mol. The number of rotatable bonds is 3. The molecule has 0 radical (unpaired) electrons. The molecular weight excluding hydrogens is 336 g/mol. The summed E-state index contributed by atoms with van der Waals surface area (Å²) in [6, 6.07) is 23.1. The topological polar surface area (TPSA) is 39.4 Å². The first-order valence-corrected chi connectivity index (χ1v) is 8.52. The largest absolute Gasteiger partial charge is 0.497 e. The van der Waals surface area contributed by atoms with Gasteiger partial charge in [0.1, 0.15) is 11.3 Å². The number of methoxy groups -OCH3 is 1. The maximum absolute atomic E-state index is 11.7. The third-order valence-corrected chi connectivity index (χ3v) is 4.34. The van der Waals surface area contributed by atoms with Gasteiger partial charge < -0.3 is 9.15 Å². The minimum absolute atomic E-state index is 0.284. The standard InChI is InChI=1S/C24H16O3/c1-26-19-13-14-21-22(15-19)27-23(16-25)24(21)20-10-6-5-9-18(20)12-11-17-7-3-2-4-8-17/h2-10,13-16H,1H3. The van der Waals surface area contributed by atoms with Crippen LogP contribution in [0.1, 0.15) is 21.7 Å². The van der Waals surface area contributed by atoms with Crippen LogP contribution >= 0.6 is 0 Å². The highest BCUT2D eigenvalue weighted by atomic mass is 16.5. The summed E-state index contributed by atoms with van der Waals surface area (Å²) in [6.45, 7) is 0. The summed E-state index contributed by atoms with van der Waals surface area (Å²) in [6.07, 6.45) is 0.739. The van der Waals surface area contributed by atoms with Crippen LogP contribution in [0.2, 0.25) is 0 Å². The molecule has 0 aliphatic rings. The summed E-state index contributed by atoms with van der Waals surface area (Å²) in [7, 11) is 1.60. The summed E-state index contributed by atoms with van der Waals surface area (Å²) >= 11 is 0. The van der Waals surface area contributed by atoms with E-state index in [1.807, 2.05) is 66.7 Å². The van der Waals surface area contributed by atoms with Crippen LogP contribution in [0.25, 0.3) is 22.1 Å². The van der Waals surface area contributed by atoms with Crippen LogP contribution in [0, 0.1) is 11.8 Å². The molecule has 0 saturated heterocycles. The Morgan fingerprint density at radius 2 is 1.70 bits per heavy atom. The van der Waals surface area contributed by atoms with E-state index in [-0.39, 0.29) is 5.76 Å². The van der Waals surface area contributed by atoms with Crippen molar-refractivity contribution in [3.05, 3.63) is 89.7 Å². The van der Waals surface area contributed by atoms with Gasteiger partial charge >= 0.3 is 0 Å². The van der Waals surface area contributed by atoms with E-state index >= 15 is 0 Å². The molecule has 0 spiro atoms. The fourth-order valence-electron chi connectivity index (χ4n) is 3.05. The zero-order valence-electron chi connectivity index (χ0n) is 14.7. The second kappa shape index (κ2) is 7.23. The molecule has 3 heteroatoms. The smallest absolute Gasteiger partial charge is 0.186 e. The zero-order chi connectivity index (χ0) is 18.6. The van der Waals surface area contributed by atoms with Gasteiger partial charge in [0.2, 0.25) is 0 Å². The summed E-state index contributed by atoms with van der Waals surface area (Å²) in [5.41, 5.74) is 4.00. The number of hydrogen-bond acceptors (Lipinski definition) is 3. The Morgan fingerprint density at radius 3 is 2.48 bits per heavy atom. The molecule has 4 aromatic rings.